The van der Waals surface area contributed by atoms with Gasteiger partial charge in [-0.2, -0.15) is 0 Å². The molecular formula is C22H27NO4. The lowest BCUT2D eigenvalue weighted by Crippen LogP contribution is -2.30. The molecule has 1 amide bonds. The second kappa shape index (κ2) is 8.91. The first-order valence-corrected chi connectivity index (χ1v) is 9.41. The summed E-state index contributed by atoms with van der Waals surface area (Å²) in [6, 6.07) is 13.3. The second-order valence-electron chi connectivity index (χ2n) is 6.94. The van der Waals surface area contributed by atoms with Gasteiger partial charge in [-0.15, -0.1) is 0 Å². The quantitative estimate of drug-likeness (QED) is 0.792. The fourth-order valence-electron chi connectivity index (χ4n) is 3.06. The molecule has 0 spiro atoms. The Balaban J connectivity index is 1.52. The van der Waals surface area contributed by atoms with Crippen molar-refractivity contribution >= 4 is 11.6 Å². The zero-order valence-electron chi connectivity index (χ0n) is 16.2. The summed E-state index contributed by atoms with van der Waals surface area (Å²) in [7, 11) is 0. The SMILES string of the molecule is Cc1cccc(C)c1O[C@H](C)C(=O)Nc1ccc(OC[C@H]2CCCO2)cc1. The van der Waals surface area contributed by atoms with Crippen molar-refractivity contribution in [3.8, 4) is 11.5 Å². The Morgan fingerprint density at radius 3 is 2.52 bits per heavy atom. The maximum absolute atomic E-state index is 12.4. The zero-order chi connectivity index (χ0) is 19.2. The second-order valence-corrected chi connectivity index (χ2v) is 6.94. The number of ether oxygens (including phenoxy) is 3. The zero-order valence-corrected chi connectivity index (χ0v) is 16.2. The molecule has 5 nitrogen and oxygen atoms in total. The fourth-order valence-corrected chi connectivity index (χ4v) is 3.06. The molecule has 144 valence electrons. The Hall–Kier alpha value is -2.53. The predicted octanol–water partition coefficient (Wildman–Crippen LogP) is 4.27. The number of carbonyl (C=O) groups is 1. The Bertz CT molecular complexity index is 746. The minimum atomic E-state index is -0.597. The van der Waals surface area contributed by atoms with Crippen LogP contribution in [0.3, 0.4) is 0 Å². The molecule has 1 saturated heterocycles. The Morgan fingerprint density at radius 2 is 1.89 bits per heavy atom. The average Bonchev–Trinajstić information content (AvgIpc) is 3.17. The van der Waals surface area contributed by atoms with E-state index in [0.29, 0.717) is 12.3 Å². The molecule has 1 heterocycles. The van der Waals surface area contributed by atoms with Crippen molar-refractivity contribution in [2.45, 2.75) is 45.8 Å². The van der Waals surface area contributed by atoms with Gasteiger partial charge in [0.25, 0.3) is 5.91 Å². The van der Waals surface area contributed by atoms with Crippen LogP contribution in [-0.4, -0.2) is 31.3 Å². The van der Waals surface area contributed by atoms with Crippen LogP contribution in [0.4, 0.5) is 5.69 Å². The lowest BCUT2D eigenvalue weighted by atomic mass is 10.1. The molecule has 0 aromatic heterocycles. The summed E-state index contributed by atoms with van der Waals surface area (Å²) in [6.07, 6.45) is 1.74. The lowest BCUT2D eigenvalue weighted by molar-refractivity contribution is -0.122. The number of para-hydroxylation sites is 1. The van der Waals surface area contributed by atoms with E-state index < -0.39 is 6.10 Å². The van der Waals surface area contributed by atoms with Crippen molar-refractivity contribution in [3.63, 3.8) is 0 Å². The number of benzene rings is 2. The predicted molar refractivity (Wildman–Crippen MR) is 106 cm³/mol. The Kier molecular flexibility index (Phi) is 6.35. The first-order valence-electron chi connectivity index (χ1n) is 9.41. The van der Waals surface area contributed by atoms with Crippen molar-refractivity contribution < 1.29 is 19.0 Å². The number of hydrogen-bond acceptors (Lipinski definition) is 4. The van der Waals surface area contributed by atoms with Crippen LogP contribution in [0.15, 0.2) is 42.5 Å². The monoisotopic (exact) mass is 369 g/mol. The van der Waals surface area contributed by atoms with Gasteiger partial charge in [-0.25, -0.2) is 0 Å². The lowest BCUT2D eigenvalue weighted by Gasteiger charge is -2.18. The summed E-state index contributed by atoms with van der Waals surface area (Å²) in [6.45, 7) is 7.08. The van der Waals surface area contributed by atoms with Crippen molar-refractivity contribution in [3.05, 3.63) is 53.6 Å². The summed E-state index contributed by atoms with van der Waals surface area (Å²) < 4.78 is 17.2. The molecular weight excluding hydrogens is 342 g/mol. The van der Waals surface area contributed by atoms with Gasteiger partial charge in [0.2, 0.25) is 0 Å². The Morgan fingerprint density at radius 1 is 1.19 bits per heavy atom. The van der Waals surface area contributed by atoms with Gasteiger partial charge >= 0.3 is 0 Å². The number of amides is 1. The number of rotatable bonds is 7. The van der Waals surface area contributed by atoms with Crippen LogP contribution in [0, 0.1) is 13.8 Å². The van der Waals surface area contributed by atoms with E-state index in [-0.39, 0.29) is 12.0 Å². The smallest absolute Gasteiger partial charge is 0.265 e. The number of anilines is 1. The van der Waals surface area contributed by atoms with Crippen molar-refractivity contribution in [1.82, 2.24) is 0 Å². The van der Waals surface area contributed by atoms with E-state index in [4.69, 9.17) is 14.2 Å². The van der Waals surface area contributed by atoms with Crippen molar-refractivity contribution in [2.75, 3.05) is 18.5 Å². The van der Waals surface area contributed by atoms with Gasteiger partial charge < -0.3 is 19.5 Å². The third-order valence-electron chi connectivity index (χ3n) is 4.65. The van der Waals surface area contributed by atoms with Crippen LogP contribution >= 0.6 is 0 Å². The number of carbonyl (C=O) groups excluding carboxylic acids is 1. The van der Waals surface area contributed by atoms with Crippen LogP contribution in [0.25, 0.3) is 0 Å². The molecule has 2 atom stereocenters. The summed E-state index contributed by atoms with van der Waals surface area (Å²) in [5, 5.41) is 2.88. The number of hydrogen-bond donors (Lipinski definition) is 1. The summed E-state index contributed by atoms with van der Waals surface area (Å²) >= 11 is 0. The molecule has 1 aliphatic rings. The number of aryl methyl sites for hydroxylation is 2. The molecule has 2 aromatic rings. The number of nitrogens with one attached hydrogen (secondary N) is 1. The fraction of sp³-hybridized carbons (Fsp3) is 0.409. The maximum Gasteiger partial charge on any atom is 0.265 e. The first kappa shape index (κ1) is 19.2. The summed E-state index contributed by atoms with van der Waals surface area (Å²) in [5.74, 6) is 1.34. The Labute approximate surface area is 160 Å². The standard InChI is InChI=1S/C22H27NO4/c1-15-6-4-7-16(2)21(15)27-17(3)22(24)23-18-9-11-19(12-10-18)26-14-20-8-5-13-25-20/h4,6-7,9-12,17,20H,5,8,13-14H2,1-3H3,(H,23,24)/t17-,20-/m1/s1. The van der Waals surface area contributed by atoms with Gasteiger partial charge in [0.05, 0.1) is 6.10 Å². The highest BCUT2D eigenvalue weighted by atomic mass is 16.5. The van der Waals surface area contributed by atoms with Gasteiger partial charge in [0.15, 0.2) is 6.10 Å². The molecule has 27 heavy (non-hydrogen) atoms. The van der Waals surface area contributed by atoms with E-state index in [1.54, 1.807) is 6.92 Å². The van der Waals surface area contributed by atoms with Crippen LogP contribution in [0.1, 0.15) is 30.9 Å². The van der Waals surface area contributed by atoms with E-state index in [9.17, 15) is 4.79 Å². The van der Waals surface area contributed by atoms with Crippen LogP contribution in [-0.2, 0) is 9.53 Å². The molecule has 0 saturated carbocycles. The molecule has 0 radical (unpaired) electrons. The van der Waals surface area contributed by atoms with E-state index in [1.807, 2.05) is 56.3 Å². The highest BCUT2D eigenvalue weighted by Gasteiger charge is 2.18. The molecule has 5 heteroatoms. The highest BCUT2D eigenvalue weighted by molar-refractivity contribution is 5.94. The van der Waals surface area contributed by atoms with Gasteiger partial charge in [-0.1, -0.05) is 18.2 Å². The third kappa shape index (κ3) is 5.23. The van der Waals surface area contributed by atoms with Gasteiger partial charge in [0, 0.05) is 12.3 Å². The van der Waals surface area contributed by atoms with Gasteiger partial charge in [-0.05, 0) is 69.0 Å². The summed E-state index contributed by atoms with van der Waals surface area (Å²) in [4.78, 5) is 12.4. The van der Waals surface area contributed by atoms with E-state index >= 15 is 0 Å². The van der Waals surface area contributed by atoms with Crippen LogP contribution in [0.2, 0.25) is 0 Å². The topological polar surface area (TPSA) is 56.8 Å². The molecule has 1 N–H and O–H groups in total. The van der Waals surface area contributed by atoms with Crippen LogP contribution in [0.5, 0.6) is 11.5 Å². The van der Waals surface area contributed by atoms with Gasteiger partial charge in [0.1, 0.15) is 18.1 Å². The molecule has 1 fully saturated rings. The van der Waals surface area contributed by atoms with E-state index in [1.165, 1.54) is 0 Å². The van der Waals surface area contributed by atoms with Crippen molar-refractivity contribution in [1.29, 1.82) is 0 Å². The molecule has 0 unspecified atom stereocenters. The molecule has 1 aliphatic heterocycles. The minimum absolute atomic E-state index is 0.187. The molecule has 0 aliphatic carbocycles. The highest BCUT2D eigenvalue weighted by Crippen LogP contribution is 2.24. The van der Waals surface area contributed by atoms with Crippen LogP contribution < -0.4 is 14.8 Å². The largest absolute Gasteiger partial charge is 0.491 e. The third-order valence-corrected chi connectivity index (χ3v) is 4.65. The minimum Gasteiger partial charge on any atom is -0.491 e. The van der Waals surface area contributed by atoms with E-state index in [0.717, 1.165) is 42.1 Å². The maximum atomic E-state index is 12.4. The van der Waals surface area contributed by atoms with Gasteiger partial charge in [-0.3, -0.25) is 4.79 Å². The molecule has 3 rings (SSSR count). The molecule has 2 aromatic carbocycles. The van der Waals surface area contributed by atoms with E-state index in [2.05, 4.69) is 5.32 Å². The molecule has 0 bridgehead atoms. The normalized spacial score (nSPS) is 17.4. The van der Waals surface area contributed by atoms with Crippen molar-refractivity contribution in [2.24, 2.45) is 0 Å². The average molecular weight is 369 g/mol. The summed E-state index contributed by atoms with van der Waals surface area (Å²) in [5.41, 5.74) is 2.74. The first-order chi connectivity index (χ1) is 13.0.